The molecule has 36 heavy (non-hydrogen) atoms. The Bertz CT molecular complexity index is 1400. The van der Waals surface area contributed by atoms with E-state index in [1.807, 2.05) is 48.4 Å². The second kappa shape index (κ2) is 11.0. The van der Waals surface area contributed by atoms with Gasteiger partial charge in [-0.25, -0.2) is 9.67 Å². The van der Waals surface area contributed by atoms with Crippen LogP contribution in [-0.2, 0) is 17.9 Å². The minimum atomic E-state index is -0.272. The molecule has 4 aromatic rings. The van der Waals surface area contributed by atoms with Crippen LogP contribution in [0.1, 0.15) is 18.3 Å². The summed E-state index contributed by atoms with van der Waals surface area (Å²) < 4.78 is 12.4. The third-order valence-electron chi connectivity index (χ3n) is 5.94. The summed E-state index contributed by atoms with van der Waals surface area (Å²) in [6, 6.07) is 13.1. The Labute approximate surface area is 209 Å². The van der Waals surface area contributed by atoms with E-state index < -0.39 is 0 Å². The number of hydrogen-bond acceptors (Lipinski definition) is 7. The number of para-hydroxylation sites is 1. The smallest absolute Gasteiger partial charge is 0.258 e. The van der Waals surface area contributed by atoms with Gasteiger partial charge in [0, 0.05) is 31.4 Å². The Morgan fingerprint density at radius 1 is 1.08 bits per heavy atom. The van der Waals surface area contributed by atoms with Gasteiger partial charge >= 0.3 is 0 Å². The number of carbonyl (C=O) groups is 1. The molecule has 2 aromatic carbocycles. The number of amides is 1. The van der Waals surface area contributed by atoms with Crippen molar-refractivity contribution in [3.63, 3.8) is 0 Å². The van der Waals surface area contributed by atoms with Gasteiger partial charge in [-0.1, -0.05) is 25.1 Å². The van der Waals surface area contributed by atoms with E-state index in [0.29, 0.717) is 47.9 Å². The summed E-state index contributed by atoms with van der Waals surface area (Å²) in [5, 5.41) is 4.81. The average Bonchev–Trinajstić information content (AvgIpc) is 3.36. The van der Waals surface area contributed by atoms with Crippen molar-refractivity contribution in [2.75, 3.05) is 34.4 Å². The molecule has 4 rings (SSSR count). The predicted molar refractivity (Wildman–Crippen MR) is 136 cm³/mol. The van der Waals surface area contributed by atoms with E-state index in [0.717, 1.165) is 11.3 Å². The molecular weight excluding hydrogens is 460 g/mol. The van der Waals surface area contributed by atoms with Gasteiger partial charge in [0.15, 0.2) is 11.5 Å². The molecule has 0 aliphatic heterocycles. The molecule has 0 saturated heterocycles. The lowest BCUT2D eigenvalue weighted by molar-refractivity contribution is -0.131. The van der Waals surface area contributed by atoms with Crippen molar-refractivity contribution in [1.29, 1.82) is 0 Å². The number of nitrogens with one attached hydrogen (secondary N) is 1. The fourth-order valence-electron chi connectivity index (χ4n) is 3.92. The van der Waals surface area contributed by atoms with Crippen LogP contribution in [0.15, 0.2) is 59.7 Å². The molecule has 0 spiro atoms. The molecule has 0 unspecified atom stereocenters. The van der Waals surface area contributed by atoms with Gasteiger partial charge in [0.1, 0.15) is 5.82 Å². The van der Waals surface area contributed by atoms with Crippen LogP contribution in [0, 0.1) is 0 Å². The predicted octanol–water partition coefficient (Wildman–Crippen LogP) is 2.61. The first kappa shape index (κ1) is 24.9. The van der Waals surface area contributed by atoms with Crippen molar-refractivity contribution in [2.45, 2.75) is 20.0 Å². The van der Waals surface area contributed by atoms with Crippen LogP contribution in [0.25, 0.3) is 16.6 Å². The minimum Gasteiger partial charge on any atom is -0.493 e. The first-order chi connectivity index (χ1) is 17.4. The van der Waals surface area contributed by atoms with Gasteiger partial charge in [0.25, 0.3) is 5.56 Å². The molecule has 0 aliphatic rings. The van der Waals surface area contributed by atoms with Crippen molar-refractivity contribution in [2.24, 2.45) is 0 Å². The number of aromatic amines is 1. The molecule has 0 bridgehead atoms. The molecule has 2 heterocycles. The zero-order valence-electron chi connectivity index (χ0n) is 20.9. The van der Waals surface area contributed by atoms with Crippen LogP contribution < -0.4 is 15.0 Å². The molecule has 0 saturated carbocycles. The fraction of sp³-hybridized carbons (Fsp3) is 0.308. The molecule has 10 heteroatoms. The van der Waals surface area contributed by atoms with Crippen LogP contribution in [0.3, 0.4) is 0 Å². The summed E-state index contributed by atoms with van der Waals surface area (Å²) in [6.45, 7) is 3.52. The maximum absolute atomic E-state index is 13.0. The molecule has 0 atom stereocenters. The number of ether oxygens (including phenoxy) is 2. The minimum absolute atomic E-state index is 0.0427. The molecule has 188 valence electrons. The number of carbonyl (C=O) groups excluding carboxylic acids is 1. The van der Waals surface area contributed by atoms with Gasteiger partial charge in [-0.2, -0.15) is 5.10 Å². The molecule has 0 aliphatic carbocycles. The molecular formula is C26H30N6O4. The fourth-order valence-corrected chi connectivity index (χ4v) is 3.92. The first-order valence-electron chi connectivity index (χ1n) is 11.6. The highest BCUT2D eigenvalue weighted by Gasteiger charge is 2.17. The van der Waals surface area contributed by atoms with Gasteiger partial charge in [-0.15, -0.1) is 0 Å². The van der Waals surface area contributed by atoms with Crippen molar-refractivity contribution in [3.8, 4) is 17.2 Å². The van der Waals surface area contributed by atoms with Crippen LogP contribution >= 0.6 is 0 Å². The number of benzene rings is 2. The van der Waals surface area contributed by atoms with Crippen molar-refractivity contribution < 1.29 is 14.3 Å². The van der Waals surface area contributed by atoms with Crippen molar-refractivity contribution >= 4 is 16.8 Å². The third-order valence-corrected chi connectivity index (χ3v) is 5.94. The second-order valence-electron chi connectivity index (χ2n) is 8.42. The zero-order valence-corrected chi connectivity index (χ0v) is 20.9. The SMILES string of the molecule is CCN(CC(=O)N(C)Cc1cnn(-c2ccccc2)c1)Cc1nc2cc(OC)c(OC)cc2c(=O)[nH]1. The van der Waals surface area contributed by atoms with E-state index >= 15 is 0 Å². The molecule has 0 fully saturated rings. The summed E-state index contributed by atoms with van der Waals surface area (Å²) >= 11 is 0. The summed E-state index contributed by atoms with van der Waals surface area (Å²) in [5.74, 6) is 1.39. The lowest BCUT2D eigenvalue weighted by Crippen LogP contribution is -2.38. The van der Waals surface area contributed by atoms with E-state index in [-0.39, 0.29) is 18.0 Å². The normalized spacial score (nSPS) is 11.1. The van der Waals surface area contributed by atoms with E-state index in [2.05, 4.69) is 15.1 Å². The van der Waals surface area contributed by atoms with Gasteiger partial charge in [-0.3, -0.25) is 14.5 Å². The Hall–Kier alpha value is -4.18. The number of hydrogen-bond donors (Lipinski definition) is 1. The number of H-pyrrole nitrogens is 1. The quantitative estimate of drug-likeness (QED) is 0.364. The topological polar surface area (TPSA) is 106 Å². The average molecular weight is 491 g/mol. The second-order valence-corrected chi connectivity index (χ2v) is 8.42. The van der Waals surface area contributed by atoms with Gasteiger partial charge in [0.05, 0.1) is 50.1 Å². The third kappa shape index (κ3) is 5.55. The largest absolute Gasteiger partial charge is 0.493 e. The highest BCUT2D eigenvalue weighted by molar-refractivity contribution is 5.82. The number of rotatable bonds is 10. The zero-order chi connectivity index (χ0) is 25.7. The summed E-state index contributed by atoms with van der Waals surface area (Å²) in [6.07, 6.45) is 3.69. The maximum Gasteiger partial charge on any atom is 0.258 e. The van der Waals surface area contributed by atoms with Crippen LogP contribution in [0.2, 0.25) is 0 Å². The highest BCUT2D eigenvalue weighted by atomic mass is 16.5. The maximum atomic E-state index is 13.0. The van der Waals surface area contributed by atoms with Gasteiger partial charge in [0.2, 0.25) is 5.91 Å². The number of likely N-dealkylation sites (N-methyl/N-ethyl adjacent to an activating group) is 2. The highest BCUT2D eigenvalue weighted by Crippen LogP contribution is 2.29. The Morgan fingerprint density at radius 3 is 2.50 bits per heavy atom. The molecule has 1 N–H and O–H groups in total. The molecule has 0 radical (unpaired) electrons. The van der Waals surface area contributed by atoms with Crippen LogP contribution in [0.5, 0.6) is 11.5 Å². The van der Waals surface area contributed by atoms with Crippen molar-refractivity contribution in [3.05, 3.63) is 76.6 Å². The van der Waals surface area contributed by atoms with E-state index in [1.165, 1.54) is 14.2 Å². The van der Waals surface area contributed by atoms with Crippen LogP contribution in [0.4, 0.5) is 0 Å². The van der Waals surface area contributed by atoms with Crippen molar-refractivity contribution in [1.82, 2.24) is 29.5 Å². The molecule has 2 aromatic heterocycles. The van der Waals surface area contributed by atoms with Gasteiger partial charge < -0.3 is 19.4 Å². The number of fused-ring (bicyclic) bond motifs is 1. The lowest BCUT2D eigenvalue weighted by atomic mass is 10.2. The summed E-state index contributed by atoms with van der Waals surface area (Å²) in [7, 11) is 4.82. The monoisotopic (exact) mass is 490 g/mol. The Morgan fingerprint density at radius 2 is 1.81 bits per heavy atom. The summed E-state index contributed by atoms with van der Waals surface area (Å²) in [5.41, 5.74) is 2.12. The van der Waals surface area contributed by atoms with E-state index in [9.17, 15) is 9.59 Å². The van der Waals surface area contributed by atoms with E-state index in [4.69, 9.17) is 9.47 Å². The Balaban J connectivity index is 1.43. The lowest BCUT2D eigenvalue weighted by Gasteiger charge is -2.23. The van der Waals surface area contributed by atoms with E-state index in [1.54, 1.807) is 35.0 Å². The number of methoxy groups -OCH3 is 2. The Kier molecular flexibility index (Phi) is 7.65. The standard InChI is InChI=1S/C26H30N6O4/c1-5-31(16-24-28-21-12-23(36-4)22(35-3)11-20(21)26(34)29-24)17-25(33)30(2)14-18-13-27-32(15-18)19-9-7-6-8-10-19/h6-13,15H,5,14,16-17H2,1-4H3,(H,28,29,34). The first-order valence-corrected chi connectivity index (χ1v) is 11.6. The summed E-state index contributed by atoms with van der Waals surface area (Å²) in [4.78, 5) is 36.6. The molecule has 1 amide bonds. The van der Waals surface area contributed by atoms with Gasteiger partial charge in [-0.05, 0) is 24.7 Å². The number of aromatic nitrogens is 4. The molecule has 10 nitrogen and oxygen atoms in total. The van der Waals surface area contributed by atoms with Crippen LogP contribution in [-0.4, -0.2) is 69.8 Å². The number of nitrogens with zero attached hydrogens (tertiary/aromatic N) is 5.